The van der Waals surface area contributed by atoms with E-state index < -0.39 is 0 Å². The van der Waals surface area contributed by atoms with Crippen molar-refractivity contribution in [1.29, 1.82) is 0 Å². The maximum atomic E-state index is 6.31. The fourth-order valence-corrected chi connectivity index (χ4v) is 2.16. The van der Waals surface area contributed by atoms with Crippen molar-refractivity contribution in [3.63, 3.8) is 0 Å². The molecule has 17 heavy (non-hydrogen) atoms. The number of fused-ring (bicyclic) bond motifs is 1. The molecule has 0 saturated carbocycles. The Morgan fingerprint density at radius 3 is 2.29 bits per heavy atom. The number of aromatic nitrogens is 1. The summed E-state index contributed by atoms with van der Waals surface area (Å²) in [5.74, 6) is 0. The van der Waals surface area contributed by atoms with E-state index in [-0.39, 0.29) is 5.41 Å². The van der Waals surface area contributed by atoms with Crippen LogP contribution in [0.25, 0.3) is 10.9 Å². The van der Waals surface area contributed by atoms with Gasteiger partial charge in [-0.1, -0.05) is 44.0 Å². The monoisotopic (exact) mass is 267 g/mol. The van der Waals surface area contributed by atoms with E-state index in [9.17, 15) is 0 Å². The summed E-state index contributed by atoms with van der Waals surface area (Å²) < 4.78 is 0. The third kappa shape index (κ3) is 2.27. The molecule has 3 heteroatoms. The van der Waals surface area contributed by atoms with Gasteiger partial charge in [-0.2, -0.15) is 0 Å². The van der Waals surface area contributed by atoms with Gasteiger partial charge in [0.05, 0.1) is 10.5 Å². The number of nitrogens with zero attached hydrogens (tertiary/aromatic N) is 1. The number of hydrogen-bond acceptors (Lipinski definition) is 1. The molecule has 0 N–H and O–H groups in total. The molecule has 1 aromatic carbocycles. The maximum Gasteiger partial charge on any atom is 0.0764 e. The van der Waals surface area contributed by atoms with E-state index in [1.54, 1.807) is 0 Å². The van der Waals surface area contributed by atoms with Crippen molar-refractivity contribution in [2.24, 2.45) is 0 Å². The summed E-state index contributed by atoms with van der Waals surface area (Å²) in [6.07, 6.45) is 0. The Bertz CT molecular complexity index is 583. The second-order valence-electron chi connectivity index (χ2n) is 5.31. The van der Waals surface area contributed by atoms with Crippen LogP contribution in [-0.4, -0.2) is 4.98 Å². The Morgan fingerprint density at radius 2 is 1.71 bits per heavy atom. The molecule has 0 fully saturated rings. The average molecular weight is 268 g/mol. The molecule has 0 aliphatic heterocycles. The topological polar surface area (TPSA) is 12.9 Å². The van der Waals surface area contributed by atoms with Crippen molar-refractivity contribution in [1.82, 2.24) is 4.98 Å². The van der Waals surface area contributed by atoms with Crippen LogP contribution in [0.5, 0.6) is 0 Å². The van der Waals surface area contributed by atoms with Crippen molar-refractivity contribution in [3.8, 4) is 0 Å². The van der Waals surface area contributed by atoms with E-state index >= 15 is 0 Å². The third-order valence-corrected chi connectivity index (χ3v) is 3.61. The normalized spacial score (nSPS) is 12.1. The van der Waals surface area contributed by atoms with Gasteiger partial charge in [-0.05, 0) is 30.7 Å². The van der Waals surface area contributed by atoms with Gasteiger partial charge in [0.15, 0.2) is 0 Å². The minimum Gasteiger partial charge on any atom is -0.252 e. The van der Waals surface area contributed by atoms with Gasteiger partial charge in [-0.25, -0.2) is 0 Å². The zero-order chi connectivity index (χ0) is 12.8. The van der Waals surface area contributed by atoms with Crippen LogP contribution >= 0.6 is 23.2 Å². The molecule has 0 aliphatic rings. The number of pyridine rings is 1. The fraction of sp³-hybridized carbons (Fsp3) is 0.357. The molecule has 1 aromatic heterocycles. The molecular formula is C14H15Cl2N. The zero-order valence-corrected chi connectivity index (χ0v) is 11.9. The van der Waals surface area contributed by atoms with E-state index in [1.165, 1.54) is 0 Å². The van der Waals surface area contributed by atoms with E-state index in [4.69, 9.17) is 28.2 Å². The molecule has 0 atom stereocenters. The van der Waals surface area contributed by atoms with E-state index in [0.717, 1.165) is 32.2 Å². The van der Waals surface area contributed by atoms with Crippen LogP contribution < -0.4 is 0 Å². The predicted molar refractivity (Wildman–Crippen MR) is 75.2 cm³/mol. The lowest BCUT2D eigenvalue weighted by Crippen LogP contribution is -2.13. The molecule has 0 amide bonds. The number of aryl methyl sites for hydroxylation is 1. The van der Waals surface area contributed by atoms with Gasteiger partial charge >= 0.3 is 0 Å². The van der Waals surface area contributed by atoms with Crippen LogP contribution in [0.15, 0.2) is 18.2 Å². The Morgan fingerprint density at radius 1 is 1.06 bits per heavy atom. The minimum absolute atomic E-state index is 0.0212. The highest BCUT2D eigenvalue weighted by molar-refractivity contribution is 6.36. The molecule has 0 saturated heterocycles. The van der Waals surface area contributed by atoms with Crippen molar-refractivity contribution < 1.29 is 0 Å². The first kappa shape index (κ1) is 12.7. The van der Waals surface area contributed by atoms with Crippen LogP contribution in [0.1, 0.15) is 32.0 Å². The van der Waals surface area contributed by atoms with E-state index in [1.807, 2.05) is 25.1 Å². The Hall–Kier alpha value is -0.790. The van der Waals surface area contributed by atoms with Crippen LogP contribution in [-0.2, 0) is 5.41 Å². The van der Waals surface area contributed by atoms with Crippen molar-refractivity contribution in [3.05, 3.63) is 39.5 Å². The molecule has 1 heterocycles. The fourth-order valence-electron chi connectivity index (χ4n) is 1.75. The van der Waals surface area contributed by atoms with Gasteiger partial charge < -0.3 is 0 Å². The summed E-state index contributed by atoms with van der Waals surface area (Å²) in [6.45, 7) is 8.34. The van der Waals surface area contributed by atoms with Gasteiger partial charge in [0.25, 0.3) is 0 Å². The van der Waals surface area contributed by atoms with E-state index in [0.29, 0.717) is 0 Å². The summed E-state index contributed by atoms with van der Waals surface area (Å²) in [6, 6.07) is 5.73. The number of halogens is 2. The predicted octanol–water partition coefficient (Wildman–Crippen LogP) is 5.15. The molecule has 2 rings (SSSR count). The number of hydrogen-bond donors (Lipinski definition) is 0. The van der Waals surface area contributed by atoms with Crippen molar-refractivity contribution in [2.75, 3.05) is 0 Å². The first-order valence-electron chi connectivity index (χ1n) is 5.56. The standard InChI is InChI=1S/C14H15Cl2N/c1-8-10(15)6-5-9-11(16)7-12(14(2,3)4)17-13(8)9/h5-7H,1-4H3. The maximum absolute atomic E-state index is 6.31. The molecular weight excluding hydrogens is 253 g/mol. The summed E-state index contributed by atoms with van der Waals surface area (Å²) in [5, 5.41) is 2.42. The van der Waals surface area contributed by atoms with Crippen molar-refractivity contribution in [2.45, 2.75) is 33.1 Å². The lowest BCUT2D eigenvalue weighted by Gasteiger charge is -2.19. The summed E-state index contributed by atoms with van der Waals surface area (Å²) >= 11 is 12.4. The Labute approximate surface area is 112 Å². The zero-order valence-electron chi connectivity index (χ0n) is 10.4. The highest BCUT2D eigenvalue weighted by Gasteiger charge is 2.18. The Kier molecular flexibility index (Phi) is 3.09. The molecule has 0 bridgehead atoms. The van der Waals surface area contributed by atoms with Crippen LogP contribution in [0, 0.1) is 6.92 Å². The van der Waals surface area contributed by atoms with E-state index in [2.05, 4.69) is 20.8 Å². The van der Waals surface area contributed by atoms with Gasteiger partial charge in [0, 0.05) is 21.5 Å². The van der Waals surface area contributed by atoms with Crippen LogP contribution in [0.4, 0.5) is 0 Å². The third-order valence-electron chi connectivity index (χ3n) is 2.89. The first-order chi connectivity index (χ1) is 7.80. The highest BCUT2D eigenvalue weighted by Crippen LogP contribution is 2.32. The quantitative estimate of drug-likeness (QED) is 0.644. The number of benzene rings is 1. The molecule has 0 radical (unpaired) electrons. The lowest BCUT2D eigenvalue weighted by molar-refractivity contribution is 0.571. The average Bonchev–Trinajstić information content (AvgIpc) is 2.22. The van der Waals surface area contributed by atoms with Crippen LogP contribution in [0.2, 0.25) is 10.0 Å². The first-order valence-corrected chi connectivity index (χ1v) is 6.32. The molecule has 1 nitrogen and oxygen atoms in total. The minimum atomic E-state index is -0.0212. The van der Waals surface area contributed by atoms with Gasteiger partial charge in [-0.3, -0.25) is 4.98 Å². The number of rotatable bonds is 0. The van der Waals surface area contributed by atoms with Gasteiger partial charge in [0.2, 0.25) is 0 Å². The van der Waals surface area contributed by atoms with Gasteiger partial charge in [-0.15, -0.1) is 0 Å². The van der Waals surface area contributed by atoms with Gasteiger partial charge in [0.1, 0.15) is 0 Å². The summed E-state index contributed by atoms with van der Waals surface area (Å²) in [4.78, 5) is 4.70. The highest BCUT2D eigenvalue weighted by atomic mass is 35.5. The SMILES string of the molecule is Cc1c(Cl)ccc2c(Cl)cc(C(C)(C)C)nc12. The summed E-state index contributed by atoms with van der Waals surface area (Å²) in [7, 11) is 0. The smallest absolute Gasteiger partial charge is 0.0764 e. The molecule has 0 aliphatic carbocycles. The molecule has 90 valence electrons. The van der Waals surface area contributed by atoms with Crippen molar-refractivity contribution >= 4 is 34.1 Å². The second-order valence-corrected chi connectivity index (χ2v) is 6.12. The molecule has 0 spiro atoms. The molecule has 2 aromatic rings. The molecule has 0 unspecified atom stereocenters. The summed E-state index contributed by atoms with van der Waals surface area (Å²) in [5.41, 5.74) is 2.85. The second kappa shape index (κ2) is 4.15. The Balaban J connectivity index is 2.84. The van der Waals surface area contributed by atoms with Crippen LogP contribution in [0.3, 0.4) is 0 Å². The largest absolute Gasteiger partial charge is 0.252 e. The lowest BCUT2D eigenvalue weighted by atomic mass is 9.91.